The van der Waals surface area contributed by atoms with Crippen molar-refractivity contribution in [1.29, 1.82) is 0 Å². The van der Waals surface area contributed by atoms with Gasteiger partial charge in [-0.3, -0.25) is 19.2 Å². The first kappa shape index (κ1) is 34.2. The maximum atomic E-state index is 14.2. The zero-order chi connectivity index (χ0) is 33.1. The highest BCUT2D eigenvalue weighted by atomic mass is 16.4. The molecule has 0 fully saturated rings. The van der Waals surface area contributed by atoms with Crippen LogP contribution in [0.2, 0.25) is 0 Å². The number of hydrogen-bond donors (Lipinski definition) is 3. The number of fused-ring (bicyclic) bond motifs is 2. The fraction of sp³-hybridized carbons (Fsp3) is 0.405. The van der Waals surface area contributed by atoms with Crippen molar-refractivity contribution in [3.8, 4) is 0 Å². The third kappa shape index (κ3) is 8.74. The summed E-state index contributed by atoms with van der Waals surface area (Å²) in [5.74, 6) is -2.17. The van der Waals surface area contributed by atoms with E-state index < -0.39 is 29.9 Å². The first-order chi connectivity index (χ1) is 22.2. The van der Waals surface area contributed by atoms with Gasteiger partial charge in [-0.15, -0.1) is 0 Å². The summed E-state index contributed by atoms with van der Waals surface area (Å²) in [6, 6.07) is 20.7. The number of benzene rings is 3. The molecular formula is C37H46N4O5. The van der Waals surface area contributed by atoms with Gasteiger partial charge in [-0.05, 0) is 48.1 Å². The summed E-state index contributed by atoms with van der Waals surface area (Å²) in [4.78, 5) is 53.3. The molecule has 0 saturated heterocycles. The molecule has 0 unspecified atom stereocenters. The first-order valence-corrected chi connectivity index (χ1v) is 16.4. The predicted molar refractivity (Wildman–Crippen MR) is 181 cm³/mol. The average molecular weight is 627 g/mol. The van der Waals surface area contributed by atoms with E-state index in [2.05, 4.69) is 34.1 Å². The molecule has 46 heavy (non-hydrogen) atoms. The fourth-order valence-corrected chi connectivity index (χ4v) is 6.16. The summed E-state index contributed by atoms with van der Waals surface area (Å²) >= 11 is 0. The lowest BCUT2D eigenvalue weighted by Gasteiger charge is -2.34. The van der Waals surface area contributed by atoms with Crippen molar-refractivity contribution in [2.45, 2.75) is 90.3 Å². The van der Waals surface area contributed by atoms with Gasteiger partial charge in [0.2, 0.25) is 11.8 Å². The molecular weight excluding hydrogens is 580 g/mol. The van der Waals surface area contributed by atoms with Crippen LogP contribution in [-0.4, -0.2) is 56.9 Å². The average Bonchev–Trinajstić information content (AvgIpc) is 3.41. The van der Waals surface area contributed by atoms with Crippen LogP contribution in [0.25, 0.3) is 21.7 Å². The van der Waals surface area contributed by atoms with E-state index in [9.17, 15) is 24.3 Å². The van der Waals surface area contributed by atoms with E-state index in [4.69, 9.17) is 5.73 Å². The fourth-order valence-electron chi connectivity index (χ4n) is 6.16. The van der Waals surface area contributed by atoms with E-state index in [1.807, 2.05) is 62.5 Å². The molecule has 244 valence electrons. The Balaban J connectivity index is 1.66. The van der Waals surface area contributed by atoms with Crippen LogP contribution in [0, 0.1) is 0 Å². The van der Waals surface area contributed by atoms with Gasteiger partial charge < -0.3 is 25.6 Å². The highest BCUT2D eigenvalue weighted by Crippen LogP contribution is 2.26. The quantitative estimate of drug-likeness (QED) is 0.120. The molecule has 0 saturated carbocycles. The molecule has 0 aliphatic carbocycles. The Hall–Kier alpha value is -4.66. The number of para-hydroxylation sites is 1. The molecule has 0 aliphatic heterocycles. The Morgan fingerprint density at radius 1 is 0.870 bits per heavy atom. The van der Waals surface area contributed by atoms with Gasteiger partial charge in [0.05, 0.1) is 5.56 Å². The Bertz CT molecular complexity index is 1660. The number of aliphatic carboxylic acids is 1. The number of amides is 3. The SMILES string of the molecule is CCCC[C@@H](CC(N)=O)N(CCCC)C(=O)[C@H](CCCC(=O)O)NC(=O)c1cn(Cc2cccc3ccccc23)c2ccccc12. The lowest BCUT2D eigenvalue weighted by atomic mass is 10.0. The van der Waals surface area contributed by atoms with Crippen LogP contribution in [0.1, 0.15) is 87.6 Å². The van der Waals surface area contributed by atoms with Crippen LogP contribution in [0.3, 0.4) is 0 Å². The lowest BCUT2D eigenvalue weighted by Crippen LogP contribution is -2.53. The molecule has 9 nitrogen and oxygen atoms in total. The van der Waals surface area contributed by atoms with Gasteiger partial charge >= 0.3 is 5.97 Å². The molecule has 3 amide bonds. The van der Waals surface area contributed by atoms with Crippen molar-refractivity contribution in [3.05, 3.63) is 84.1 Å². The van der Waals surface area contributed by atoms with Crippen LogP contribution in [0.4, 0.5) is 0 Å². The van der Waals surface area contributed by atoms with E-state index in [1.54, 1.807) is 4.90 Å². The number of unbranched alkanes of at least 4 members (excludes halogenated alkanes) is 2. The van der Waals surface area contributed by atoms with Crippen molar-refractivity contribution in [3.63, 3.8) is 0 Å². The molecule has 1 heterocycles. The van der Waals surface area contributed by atoms with Crippen molar-refractivity contribution in [1.82, 2.24) is 14.8 Å². The molecule has 0 spiro atoms. The number of aromatic nitrogens is 1. The molecule has 4 rings (SSSR count). The van der Waals surface area contributed by atoms with Gasteiger partial charge in [-0.25, -0.2) is 0 Å². The minimum absolute atomic E-state index is 0.0346. The number of carboxylic acids is 1. The van der Waals surface area contributed by atoms with E-state index >= 15 is 0 Å². The van der Waals surface area contributed by atoms with Crippen LogP contribution in [-0.2, 0) is 20.9 Å². The highest BCUT2D eigenvalue weighted by Gasteiger charge is 2.32. The number of carbonyl (C=O) groups excluding carboxylic acids is 3. The summed E-state index contributed by atoms with van der Waals surface area (Å²) in [7, 11) is 0. The summed E-state index contributed by atoms with van der Waals surface area (Å²) in [5.41, 5.74) is 8.05. The third-order valence-corrected chi connectivity index (χ3v) is 8.54. The number of nitrogens with one attached hydrogen (secondary N) is 1. The molecule has 0 bridgehead atoms. The molecule has 4 aromatic rings. The molecule has 0 radical (unpaired) electrons. The maximum absolute atomic E-state index is 14.2. The van der Waals surface area contributed by atoms with Gasteiger partial charge in [-0.2, -0.15) is 0 Å². The molecule has 2 atom stereocenters. The summed E-state index contributed by atoms with van der Waals surface area (Å²) in [6.45, 7) is 5.04. The Kier molecular flexibility index (Phi) is 12.3. The maximum Gasteiger partial charge on any atom is 0.303 e. The van der Waals surface area contributed by atoms with Crippen LogP contribution < -0.4 is 11.1 Å². The zero-order valence-corrected chi connectivity index (χ0v) is 26.9. The lowest BCUT2D eigenvalue weighted by molar-refractivity contribution is -0.139. The Morgan fingerprint density at radius 2 is 1.57 bits per heavy atom. The predicted octanol–water partition coefficient (Wildman–Crippen LogP) is 6.26. The van der Waals surface area contributed by atoms with Crippen molar-refractivity contribution < 1.29 is 24.3 Å². The van der Waals surface area contributed by atoms with Crippen molar-refractivity contribution >= 4 is 45.4 Å². The second-order valence-electron chi connectivity index (χ2n) is 12.0. The Labute approximate surface area is 270 Å². The van der Waals surface area contributed by atoms with Gasteiger partial charge in [0.1, 0.15) is 6.04 Å². The topological polar surface area (TPSA) is 135 Å². The van der Waals surface area contributed by atoms with Gasteiger partial charge in [0.15, 0.2) is 0 Å². The molecule has 4 N–H and O–H groups in total. The second-order valence-corrected chi connectivity index (χ2v) is 12.0. The number of rotatable bonds is 18. The van der Waals surface area contributed by atoms with E-state index in [0.29, 0.717) is 25.1 Å². The minimum Gasteiger partial charge on any atom is -0.481 e. The first-order valence-electron chi connectivity index (χ1n) is 16.4. The van der Waals surface area contributed by atoms with Gasteiger partial charge in [0, 0.05) is 49.1 Å². The summed E-state index contributed by atoms with van der Waals surface area (Å²) in [5, 5.41) is 15.3. The molecule has 3 aromatic carbocycles. The number of nitrogens with zero attached hydrogens (tertiary/aromatic N) is 2. The standard InChI is InChI=1S/C37H46N4O5/c1-3-5-16-28(23-34(38)42)41(22-6-4-2)37(46)32(19-12-21-35(43)44)39-36(45)31-25-40(33-20-10-9-18-30(31)33)24-27-15-11-14-26-13-7-8-17-29(26)27/h7-11,13-15,17-18,20,25,28,32H,3-6,12,16,19,21-24H2,1-2H3,(H2,38,42)(H,39,45)(H,43,44)/t28-,32-/m0/s1. The van der Waals surface area contributed by atoms with Gasteiger partial charge in [-0.1, -0.05) is 93.8 Å². The van der Waals surface area contributed by atoms with Crippen LogP contribution >= 0.6 is 0 Å². The zero-order valence-electron chi connectivity index (χ0n) is 26.9. The van der Waals surface area contributed by atoms with E-state index in [1.165, 1.54) is 0 Å². The van der Waals surface area contributed by atoms with Gasteiger partial charge in [0.25, 0.3) is 5.91 Å². The van der Waals surface area contributed by atoms with E-state index in [0.717, 1.165) is 52.9 Å². The molecule has 9 heteroatoms. The normalized spacial score (nSPS) is 12.6. The Morgan fingerprint density at radius 3 is 2.28 bits per heavy atom. The van der Waals surface area contributed by atoms with Crippen LogP contribution in [0.15, 0.2) is 72.9 Å². The minimum atomic E-state index is -0.966. The number of hydrogen-bond acceptors (Lipinski definition) is 4. The molecule has 0 aliphatic rings. The number of primary amides is 1. The monoisotopic (exact) mass is 626 g/mol. The second kappa shape index (κ2) is 16.6. The summed E-state index contributed by atoms with van der Waals surface area (Å²) < 4.78 is 2.05. The largest absolute Gasteiger partial charge is 0.481 e. The van der Waals surface area contributed by atoms with Crippen LogP contribution in [0.5, 0.6) is 0 Å². The van der Waals surface area contributed by atoms with Crippen molar-refractivity contribution in [2.75, 3.05) is 6.54 Å². The molecule has 1 aromatic heterocycles. The van der Waals surface area contributed by atoms with E-state index in [-0.39, 0.29) is 31.6 Å². The third-order valence-electron chi connectivity index (χ3n) is 8.54. The number of carboxylic acid groups (broad SMARTS) is 1. The smallest absolute Gasteiger partial charge is 0.303 e. The highest BCUT2D eigenvalue weighted by molar-refractivity contribution is 6.08. The number of carbonyl (C=O) groups is 4. The number of nitrogens with two attached hydrogens (primary N) is 1. The summed E-state index contributed by atoms with van der Waals surface area (Å²) in [6.07, 6.45) is 6.01. The van der Waals surface area contributed by atoms with Crippen molar-refractivity contribution in [2.24, 2.45) is 5.73 Å².